The number of hydrogen-bond donors (Lipinski definition) is 2. The van der Waals surface area contributed by atoms with E-state index in [2.05, 4.69) is 26.5 Å². The number of phenolic OH excluding ortho intramolecular Hbond substituents is 1. The molecule has 9 heteroatoms. The lowest BCUT2D eigenvalue weighted by molar-refractivity contribution is -0.127. The summed E-state index contributed by atoms with van der Waals surface area (Å²) in [6.07, 6.45) is 0.582. The Bertz CT molecular complexity index is 846. The van der Waals surface area contributed by atoms with Crippen LogP contribution in [0.5, 0.6) is 17.2 Å². The van der Waals surface area contributed by atoms with E-state index in [9.17, 15) is 9.90 Å². The zero-order chi connectivity index (χ0) is 19.3. The molecule has 0 radical (unpaired) electrons. The molecule has 0 aromatic heterocycles. The van der Waals surface area contributed by atoms with E-state index in [1.54, 1.807) is 31.2 Å². The number of hydrazone groups is 1. The summed E-state index contributed by atoms with van der Waals surface area (Å²) in [4.78, 5) is 12.1. The normalized spacial score (nSPS) is 12.0. The second-order valence-electron chi connectivity index (χ2n) is 5.12. The standard InChI is InChI=1S/C17H15BrCl2N2O4/c1-9(26-14-4-3-11(19)7-13(14)20)17(24)22-21-8-10-5-12(18)16(23)15(6-10)25-2/h3-9,23H,1-2H3,(H,22,24)/b21-8-. The number of nitrogens with zero attached hydrogens (tertiary/aromatic N) is 1. The van der Waals surface area contributed by atoms with Gasteiger partial charge in [0, 0.05) is 5.02 Å². The number of carbonyl (C=O) groups is 1. The second-order valence-corrected chi connectivity index (χ2v) is 6.82. The monoisotopic (exact) mass is 460 g/mol. The quantitative estimate of drug-likeness (QED) is 0.493. The van der Waals surface area contributed by atoms with Crippen molar-refractivity contribution >= 4 is 51.3 Å². The Morgan fingerprint density at radius 3 is 2.69 bits per heavy atom. The predicted molar refractivity (Wildman–Crippen MR) is 105 cm³/mol. The number of phenols is 1. The zero-order valence-electron chi connectivity index (χ0n) is 13.8. The summed E-state index contributed by atoms with van der Waals surface area (Å²) in [5.41, 5.74) is 2.98. The molecule has 0 bridgehead atoms. The molecule has 0 heterocycles. The average Bonchev–Trinajstić information content (AvgIpc) is 2.60. The highest BCUT2D eigenvalue weighted by Gasteiger charge is 2.16. The van der Waals surface area contributed by atoms with E-state index in [-0.39, 0.29) is 11.5 Å². The number of methoxy groups -OCH3 is 1. The van der Waals surface area contributed by atoms with Crippen molar-refractivity contribution in [3.05, 3.63) is 50.4 Å². The molecule has 1 atom stereocenters. The fraction of sp³-hybridized carbons (Fsp3) is 0.176. The molecule has 2 rings (SSSR count). The van der Waals surface area contributed by atoms with Crippen molar-refractivity contribution in [2.75, 3.05) is 7.11 Å². The van der Waals surface area contributed by atoms with Gasteiger partial charge in [0.05, 0.1) is 22.8 Å². The number of hydrogen-bond acceptors (Lipinski definition) is 5. The lowest BCUT2D eigenvalue weighted by Crippen LogP contribution is -2.33. The Hall–Kier alpha value is -1.96. The zero-order valence-corrected chi connectivity index (χ0v) is 16.9. The van der Waals surface area contributed by atoms with Gasteiger partial charge in [-0.2, -0.15) is 5.10 Å². The largest absolute Gasteiger partial charge is 0.503 e. The minimum Gasteiger partial charge on any atom is -0.503 e. The Morgan fingerprint density at radius 2 is 2.04 bits per heavy atom. The molecule has 1 amide bonds. The van der Waals surface area contributed by atoms with E-state index in [0.717, 1.165) is 0 Å². The molecule has 138 valence electrons. The highest BCUT2D eigenvalue weighted by molar-refractivity contribution is 9.10. The van der Waals surface area contributed by atoms with Gasteiger partial charge in [0.15, 0.2) is 17.6 Å². The molecule has 1 unspecified atom stereocenters. The van der Waals surface area contributed by atoms with Crippen molar-refractivity contribution in [3.8, 4) is 17.2 Å². The van der Waals surface area contributed by atoms with Crippen LogP contribution in [0.15, 0.2) is 39.9 Å². The smallest absolute Gasteiger partial charge is 0.280 e. The fourth-order valence-corrected chi connectivity index (χ4v) is 2.81. The van der Waals surface area contributed by atoms with Crippen LogP contribution in [0, 0.1) is 0 Å². The first kappa shape index (κ1) is 20.4. The van der Waals surface area contributed by atoms with Gasteiger partial charge in [-0.1, -0.05) is 23.2 Å². The van der Waals surface area contributed by atoms with Gasteiger partial charge in [-0.05, 0) is 58.7 Å². The molecule has 26 heavy (non-hydrogen) atoms. The number of carbonyl (C=O) groups excluding carboxylic acids is 1. The molecular weight excluding hydrogens is 447 g/mol. The summed E-state index contributed by atoms with van der Waals surface area (Å²) in [5, 5.41) is 14.4. The molecule has 0 aliphatic heterocycles. The Morgan fingerprint density at radius 1 is 1.31 bits per heavy atom. The summed E-state index contributed by atoms with van der Waals surface area (Å²) in [5.74, 6) is 0.142. The SMILES string of the molecule is COc1cc(/C=N\NC(=O)C(C)Oc2ccc(Cl)cc2Cl)cc(Br)c1O. The van der Waals surface area contributed by atoms with Crippen molar-refractivity contribution in [1.82, 2.24) is 5.43 Å². The topological polar surface area (TPSA) is 80.2 Å². The number of ether oxygens (including phenoxy) is 2. The lowest BCUT2D eigenvalue weighted by atomic mass is 10.2. The summed E-state index contributed by atoms with van der Waals surface area (Å²) in [7, 11) is 1.44. The van der Waals surface area contributed by atoms with Gasteiger partial charge in [0.2, 0.25) is 0 Å². The van der Waals surface area contributed by atoms with Crippen LogP contribution in [0.4, 0.5) is 0 Å². The molecule has 6 nitrogen and oxygen atoms in total. The first-order valence-electron chi connectivity index (χ1n) is 7.33. The average molecular weight is 462 g/mol. The van der Waals surface area contributed by atoms with Gasteiger partial charge < -0.3 is 14.6 Å². The number of benzene rings is 2. The first-order chi connectivity index (χ1) is 12.3. The summed E-state index contributed by atoms with van der Waals surface area (Å²) in [6.45, 7) is 1.57. The maximum atomic E-state index is 12.1. The molecule has 0 aliphatic rings. The van der Waals surface area contributed by atoms with Gasteiger partial charge in [0.1, 0.15) is 5.75 Å². The van der Waals surface area contributed by atoms with Crippen LogP contribution in [-0.4, -0.2) is 30.4 Å². The second kappa shape index (κ2) is 9.12. The van der Waals surface area contributed by atoms with E-state index in [1.807, 2.05) is 0 Å². The molecule has 0 saturated heterocycles. The summed E-state index contributed by atoms with van der Waals surface area (Å²) >= 11 is 15.0. The van der Waals surface area contributed by atoms with Crippen LogP contribution in [0.1, 0.15) is 12.5 Å². The van der Waals surface area contributed by atoms with Crippen LogP contribution in [-0.2, 0) is 4.79 Å². The van der Waals surface area contributed by atoms with Gasteiger partial charge in [-0.15, -0.1) is 0 Å². The number of amides is 1. The summed E-state index contributed by atoms with van der Waals surface area (Å²) < 4.78 is 11.0. The lowest BCUT2D eigenvalue weighted by Gasteiger charge is -2.14. The molecule has 2 aromatic rings. The van der Waals surface area contributed by atoms with Crippen molar-refractivity contribution in [2.24, 2.45) is 5.10 Å². The summed E-state index contributed by atoms with van der Waals surface area (Å²) in [6, 6.07) is 7.92. The molecule has 0 saturated carbocycles. The maximum absolute atomic E-state index is 12.1. The highest BCUT2D eigenvalue weighted by Crippen LogP contribution is 2.34. The Balaban J connectivity index is 1.99. The van der Waals surface area contributed by atoms with Crippen LogP contribution in [0.25, 0.3) is 0 Å². The van der Waals surface area contributed by atoms with Crippen molar-refractivity contribution in [3.63, 3.8) is 0 Å². The van der Waals surface area contributed by atoms with Gasteiger partial charge in [-0.3, -0.25) is 4.79 Å². The van der Waals surface area contributed by atoms with Crippen molar-refractivity contribution < 1.29 is 19.4 Å². The maximum Gasteiger partial charge on any atom is 0.280 e. The van der Waals surface area contributed by atoms with Gasteiger partial charge in [0.25, 0.3) is 5.91 Å². The minimum atomic E-state index is -0.827. The molecule has 0 fully saturated rings. The van der Waals surface area contributed by atoms with Crippen LogP contribution < -0.4 is 14.9 Å². The Kier molecular flexibility index (Phi) is 7.14. The van der Waals surface area contributed by atoms with E-state index in [1.165, 1.54) is 19.4 Å². The highest BCUT2D eigenvalue weighted by atomic mass is 79.9. The number of nitrogens with one attached hydrogen (secondary N) is 1. The van der Waals surface area contributed by atoms with E-state index < -0.39 is 12.0 Å². The Labute approximate surface area is 168 Å². The molecule has 2 aromatic carbocycles. The molecule has 0 spiro atoms. The number of halogens is 3. The molecular formula is C17H15BrCl2N2O4. The van der Waals surface area contributed by atoms with Crippen LogP contribution in [0.2, 0.25) is 10.0 Å². The molecule has 2 N–H and O–H groups in total. The number of aromatic hydroxyl groups is 1. The van der Waals surface area contributed by atoms with Crippen molar-refractivity contribution in [1.29, 1.82) is 0 Å². The van der Waals surface area contributed by atoms with E-state index in [4.69, 9.17) is 32.7 Å². The van der Waals surface area contributed by atoms with E-state index in [0.29, 0.717) is 25.8 Å². The molecule has 0 aliphatic carbocycles. The van der Waals surface area contributed by atoms with Gasteiger partial charge in [-0.25, -0.2) is 5.43 Å². The van der Waals surface area contributed by atoms with Crippen molar-refractivity contribution in [2.45, 2.75) is 13.0 Å². The predicted octanol–water partition coefficient (Wildman–Crippen LogP) is 4.39. The van der Waals surface area contributed by atoms with Gasteiger partial charge >= 0.3 is 0 Å². The van der Waals surface area contributed by atoms with E-state index >= 15 is 0 Å². The van der Waals surface area contributed by atoms with Crippen LogP contribution in [0.3, 0.4) is 0 Å². The third-order valence-corrected chi connectivity index (χ3v) is 4.36. The third-order valence-electron chi connectivity index (χ3n) is 3.23. The third kappa shape index (κ3) is 5.27. The fourth-order valence-electron chi connectivity index (χ4n) is 1.90. The number of rotatable bonds is 6. The first-order valence-corrected chi connectivity index (χ1v) is 8.88. The van der Waals surface area contributed by atoms with Crippen LogP contribution >= 0.6 is 39.1 Å². The minimum absolute atomic E-state index is 0.0180.